The Labute approximate surface area is 176 Å². The summed E-state index contributed by atoms with van der Waals surface area (Å²) in [5, 5.41) is 2.74. The van der Waals surface area contributed by atoms with Gasteiger partial charge in [0.1, 0.15) is 12.1 Å². The molecule has 0 aromatic heterocycles. The SMILES string of the molecule is CC(C)(C)C[C@@H](C(N)=O)N(C(=O)[C@H]1CCCO1)[C@@H](C[C@@H]1CCNC1=O)C(=O)CCl. The number of primary amides is 1. The minimum Gasteiger partial charge on any atom is -0.368 e. The van der Waals surface area contributed by atoms with Crippen molar-refractivity contribution in [1.29, 1.82) is 0 Å². The smallest absolute Gasteiger partial charge is 0.252 e. The Kier molecular flexibility index (Phi) is 8.05. The molecule has 3 N–H and O–H groups in total. The molecule has 2 fully saturated rings. The van der Waals surface area contributed by atoms with Crippen molar-refractivity contribution in [1.82, 2.24) is 10.2 Å². The summed E-state index contributed by atoms with van der Waals surface area (Å²) in [7, 11) is 0. The number of nitrogens with one attached hydrogen (secondary N) is 1. The van der Waals surface area contributed by atoms with Gasteiger partial charge in [0.2, 0.25) is 11.8 Å². The first-order valence-electron chi connectivity index (χ1n) is 10.1. The normalized spacial score (nSPS) is 24.1. The average Bonchev–Trinajstić information content (AvgIpc) is 3.30. The third kappa shape index (κ3) is 6.15. The van der Waals surface area contributed by atoms with Gasteiger partial charge in [-0.2, -0.15) is 0 Å². The van der Waals surface area contributed by atoms with Crippen LogP contribution in [0.5, 0.6) is 0 Å². The van der Waals surface area contributed by atoms with Gasteiger partial charge in [-0.25, -0.2) is 0 Å². The van der Waals surface area contributed by atoms with Crippen molar-refractivity contribution in [2.75, 3.05) is 19.0 Å². The van der Waals surface area contributed by atoms with E-state index in [0.29, 0.717) is 26.0 Å². The van der Waals surface area contributed by atoms with E-state index < -0.39 is 41.7 Å². The molecule has 0 radical (unpaired) electrons. The zero-order valence-electron chi connectivity index (χ0n) is 17.4. The summed E-state index contributed by atoms with van der Waals surface area (Å²) in [4.78, 5) is 52.0. The highest BCUT2D eigenvalue weighted by molar-refractivity contribution is 6.28. The molecular formula is C20H32ClN3O5. The molecule has 164 valence electrons. The summed E-state index contributed by atoms with van der Waals surface area (Å²) in [6, 6.07) is -1.99. The lowest BCUT2D eigenvalue weighted by molar-refractivity contribution is -0.154. The fourth-order valence-electron chi connectivity index (χ4n) is 4.01. The van der Waals surface area contributed by atoms with E-state index in [0.717, 1.165) is 6.42 Å². The van der Waals surface area contributed by atoms with E-state index in [-0.39, 0.29) is 30.0 Å². The first-order chi connectivity index (χ1) is 13.5. The molecule has 8 nitrogen and oxygen atoms in total. The number of halogens is 1. The maximum Gasteiger partial charge on any atom is 0.252 e. The van der Waals surface area contributed by atoms with E-state index in [1.165, 1.54) is 4.90 Å². The van der Waals surface area contributed by atoms with Gasteiger partial charge in [-0.3, -0.25) is 19.2 Å². The van der Waals surface area contributed by atoms with Gasteiger partial charge in [0.15, 0.2) is 5.78 Å². The molecule has 9 heteroatoms. The molecule has 0 saturated carbocycles. The number of ketones is 1. The second-order valence-electron chi connectivity index (χ2n) is 9.06. The van der Waals surface area contributed by atoms with Gasteiger partial charge in [0.25, 0.3) is 5.91 Å². The number of hydrogen-bond acceptors (Lipinski definition) is 5. The molecule has 29 heavy (non-hydrogen) atoms. The molecule has 0 bridgehead atoms. The van der Waals surface area contributed by atoms with E-state index in [9.17, 15) is 19.2 Å². The van der Waals surface area contributed by atoms with E-state index in [1.807, 2.05) is 20.8 Å². The number of hydrogen-bond donors (Lipinski definition) is 2. The van der Waals surface area contributed by atoms with Crippen molar-refractivity contribution < 1.29 is 23.9 Å². The Bertz CT molecular complexity index is 643. The molecule has 3 amide bonds. The first-order valence-corrected chi connectivity index (χ1v) is 10.7. The van der Waals surface area contributed by atoms with Gasteiger partial charge in [-0.1, -0.05) is 20.8 Å². The number of carbonyl (C=O) groups excluding carboxylic acids is 4. The maximum absolute atomic E-state index is 13.4. The van der Waals surface area contributed by atoms with Crippen molar-refractivity contribution in [3.05, 3.63) is 0 Å². The van der Waals surface area contributed by atoms with Crippen molar-refractivity contribution >= 4 is 35.1 Å². The number of carbonyl (C=O) groups is 4. The molecule has 0 aromatic carbocycles. The van der Waals surface area contributed by atoms with E-state index in [4.69, 9.17) is 22.1 Å². The summed E-state index contributed by atoms with van der Waals surface area (Å²) in [6.07, 6.45) is 1.48. The van der Waals surface area contributed by atoms with Crippen LogP contribution >= 0.6 is 11.6 Å². The zero-order valence-corrected chi connectivity index (χ0v) is 18.2. The van der Waals surface area contributed by atoms with Crippen LogP contribution in [0, 0.1) is 11.3 Å². The standard InChI is InChI=1S/C20H32ClN3O5/c1-20(2,3)10-14(17(22)26)24(19(28)16-5-4-8-29-16)13(15(25)11-21)9-12-6-7-23-18(12)27/h12-14,16H,4-11H2,1-3H3,(H2,22,26)(H,23,27)/t12-,13-,14-,16+/m0/s1. The highest BCUT2D eigenvalue weighted by Gasteiger charge is 2.44. The van der Waals surface area contributed by atoms with Gasteiger partial charge in [0, 0.05) is 19.1 Å². The molecule has 2 aliphatic rings. The Balaban J connectivity index is 2.44. The van der Waals surface area contributed by atoms with Crippen molar-refractivity contribution in [2.45, 2.75) is 71.1 Å². The number of rotatable bonds is 9. The average molecular weight is 430 g/mol. The van der Waals surface area contributed by atoms with E-state index in [2.05, 4.69) is 5.32 Å². The molecule has 2 rings (SSSR count). The lowest BCUT2D eigenvalue weighted by Crippen LogP contribution is -2.59. The molecule has 2 heterocycles. The summed E-state index contributed by atoms with van der Waals surface area (Å²) in [6.45, 7) is 6.76. The van der Waals surface area contributed by atoms with Crippen LogP contribution in [0.4, 0.5) is 0 Å². The minimum atomic E-state index is -1.00. The predicted molar refractivity (Wildman–Crippen MR) is 108 cm³/mol. The molecule has 0 spiro atoms. The second-order valence-corrected chi connectivity index (χ2v) is 9.33. The topological polar surface area (TPSA) is 119 Å². The fraction of sp³-hybridized carbons (Fsp3) is 0.800. The number of alkyl halides is 1. The summed E-state index contributed by atoms with van der Waals surface area (Å²) < 4.78 is 5.54. The third-order valence-corrected chi connectivity index (χ3v) is 5.70. The largest absolute Gasteiger partial charge is 0.368 e. The Hall–Kier alpha value is -1.67. The molecule has 2 saturated heterocycles. The molecule has 0 aromatic rings. The van der Waals surface area contributed by atoms with Crippen LogP contribution in [0.2, 0.25) is 0 Å². The molecule has 0 aliphatic carbocycles. The van der Waals surface area contributed by atoms with Gasteiger partial charge in [-0.15, -0.1) is 11.6 Å². The first kappa shape index (κ1) is 23.6. The van der Waals surface area contributed by atoms with Gasteiger partial charge in [-0.05, 0) is 37.5 Å². The highest BCUT2D eigenvalue weighted by Crippen LogP contribution is 2.30. The maximum atomic E-state index is 13.4. The lowest BCUT2D eigenvalue weighted by Gasteiger charge is -2.40. The van der Waals surface area contributed by atoms with Crippen LogP contribution < -0.4 is 11.1 Å². The summed E-state index contributed by atoms with van der Waals surface area (Å²) in [5.74, 6) is -2.43. The second kappa shape index (κ2) is 9.89. The quantitative estimate of drug-likeness (QED) is 0.529. The van der Waals surface area contributed by atoms with Gasteiger partial charge < -0.3 is 20.7 Å². The van der Waals surface area contributed by atoms with E-state index >= 15 is 0 Å². The monoisotopic (exact) mass is 429 g/mol. The summed E-state index contributed by atoms with van der Waals surface area (Å²) in [5.41, 5.74) is 5.37. The molecule has 2 aliphatic heterocycles. The van der Waals surface area contributed by atoms with Crippen LogP contribution in [-0.4, -0.2) is 65.6 Å². The highest BCUT2D eigenvalue weighted by atomic mass is 35.5. The van der Waals surface area contributed by atoms with Crippen LogP contribution in [0.1, 0.15) is 52.9 Å². The van der Waals surface area contributed by atoms with E-state index in [1.54, 1.807) is 0 Å². The predicted octanol–water partition coefficient (Wildman–Crippen LogP) is 0.987. The lowest BCUT2D eigenvalue weighted by atomic mass is 9.85. The molecular weight excluding hydrogens is 398 g/mol. The Morgan fingerprint density at radius 3 is 2.41 bits per heavy atom. The van der Waals surface area contributed by atoms with Gasteiger partial charge in [0.05, 0.1) is 11.9 Å². The van der Waals surface area contributed by atoms with Crippen molar-refractivity contribution in [3.8, 4) is 0 Å². The van der Waals surface area contributed by atoms with Crippen LogP contribution in [-0.2, 0) is 23.9 Å². The van der Waals surface area contributed by atoms with Gasteiger partial charge >= 0.3 is 0 Å². The van der Waals surface area contributed by atoms with Crippen LogP contribution in [0.3, 0.4) is 0 Å². The summed E-state index contributed by atoms with van der Waals surface area (Å²) >= 11 is 5.86. The number of amides is 3. The number of nitrogens with two attached hydrogens (primary N) is 1. The fourth-order valence-corrected chi connectivity index (χ4v) is 4.19. The Morgan fingerprint density at radius 2 is 1.97 bits per heavy atom. The Morgan fingerprint density at radius 1 is 1.28 bits per heavy atom. The zero-order chi connectivity index (χ0) is 21.8. The molecule has 4 atom stereocenters. The number of nitrogens with zero attached hydrogens (tertiary/aromatic N) is 1. The minimum absolute atomic E-state index is 0.115. The van der Waals surface area contributed by atoms with Crippen molar-refractivity contribution in [2.24, 2.45) is 17.1 Å². The molecule has 0 unspecified atom stereocenters. The van der Waals surface area contributed by atoms with Crippen LogP contribution in [0.25, 0.3) is 0 Å². The number of Topliss-reactive ketones (excluding diaryl/α,β-unsaturated/α-hetero) is 1. The number of ether oxygens (including phenoxy) is 1. The van der Waals surface area contributed by atoms with Crippen LogP contribution in [0.15, 0.2) is 0 Å². The third-order valence-electron chi connectivity index (χ3n) is 5.44. The van der Waals surface area contributed by atoms with Crippen molar-refractivity contribution in [3.63, 3.8) is 0 Å².